The topological polar surface area (TPSA) is 75.7 Å². The van der Waals surface area contributed by atoms with Crippen LogP contribution in [0.3, 0.4) is 0 Å². The van der Waals surface area contributed by atoms with Gasteiger partial charge in [-0.2, -0.15) is 4.31 Å². The zero-order valence-electron chi connectivity index (χ0n) is 14.4. The molecule has 2 rings (SSSR count). The Labute approximate surface area is 158 Å². The van der Waals surface area contributed by atoms with Crippen LogP contribution >= 0.6 is 15.9 Å². The van der Waals surface area contributed by atoms with Crippen molar-refractivity contribution in [1.82, 2.24) is 9.62 Å². The van der Waals surface area contributed by atoms with E-state index < -0.39 is 10.0 Å². The predicted octanol–water partition coefficient (Wildman–Crippen LogP) is 2.54. The highest BCUT2D eigenvalue weighted by Crippen LogP contribution is 2.28. The number of nitrogens with zero attached hydrogens (tertiary/aromatic N) is 1. The first-order chi connectivity index (χ1) is 11.9. The van der Waals surface area contributed by atoms with Crippen LogP contribution in [0.2, 0.25) is 0 Å². The molecule has 1 aromatic carbocycles. The first kappa shape index (κ1) is 20.4. The molecule has 0 unspecified atom stereocenters. The summed E-state index contributed by atoms with van der Waals surface area (Å²) in [6.07, 6.45) is 4.68. The van der Waals surface area contributed by atoms with E-state index >= 15 is 0 Å². The lowest BCUT2D eigenvalue weighted by molar-refractivity contribution is -0.121. The molecule has 0 aliphatic heterocycles. The fourth-order valence-electron chi connectivity index (χ4n) is 3.01. The highest BCUT2D eigenvalue weighted by molar-refractivity contribution is 9.10. The lowest BCUT2D eigenvalue weighted by atomic mass is 9.95. The maximum absolute atomic E-state index is 13.1. The van der Waals surface area contributed by atoms with E-state index in [0.29, 0.717) is 13.2 Å². The van der Waals surface area contributed by atoms with Gasteiger partial charge in [0.05, 0.1) is 18.0 Å². The van der Waals surface area contributed by atoms with Gasteiger partial charge in [0.25, 0.3) is 0 Å². The number of hydrogen-bond acceptors (Lipinski definition) is 4. The number of ether oxygens (including phenoxy) is 1. The number of benzene rings is 1. The second-order valence-corrected chi connectivity index (χ2v) is 8.94. The molecule has 25 heavy (non-hydrogen) atoms. The third kappa shape index (κ3) is 5.77. The van der Waals surface area contributed by atoms with Gasteiger partial charge >= 0.3 is 0 Å². The number of amides is 1. The first-order valence-corrected chi connectivity index (χ1v) is 10.7. The number of halogens is 1. The van der Waals surface area contributed by atoms with Gasteiger partial charge in [-0.3, -0.25) is 4.79 Å². The van der Waals surface area contributed by atoms with Gasteiger partial charge in [-0.15, -0.1) is 0 Å². The number of sulfonamides is 1. The van der Waals surface area contributed by atoms with Crippen LogP contribution in [0.1, 0.15) is 32.1 Å². The zero-order valence-corrected chi connectivity index (χ0v) is 16.8. The van der Waals surface area contributed by atoms with E-state index in [-0.39, 0.29) is 23.4 Å². The van der Waals surface area contributed by atoms with Gasteiger partial charge in [0.2, 0.25) is 15.9 Å². The van der Waals surface area contributed by atoms with E-state index in [9.17, 15) is 13.2 Å². The molecule has 0 heterocycles. The molecule has 140 valence electrons. The van der Waals surface area contributed by atoms with Crippen molar-refractivity contribution in [2.45, 2.75) is 43.0 Å². The Balaban J connectivity index is 2.20. The predicted molar refractivity (Wildman–Crippen MR) is 99.8 cm³/mol. The van der Waals surface area contributed by atoms with Gasteiger partial charge < -0.3 is 10.1 Å². The summed E-state index contributed by atoms with van der Waals surface area (Å²) in [5.74, 6) is -0.302. The summed E-state index contributed by atoms with van der Waals surface area (Å²) in [6, 6.07) is 6.40. The zero-order chi connectivity index (χ0) is 18.3. The highest BCUT2D eigenvalue weighted by Gasteiger charge is 2.33. The number of carbonyl (C=O) groups excluding carboxylic acids is 1. The molecular formula is C17H25BrN2O4S. The van der Waals surface area contributed by atoms with Gasteiger partial charge in [0.15, 0.2) is 0 Å². The molecule has 0 radical (unpaired) electrons. The fraction of sp³-hybridized carbons (Fsp3) is 0.588. The Morgan fingerprint density at radius 1 is 1.24 bits per heavy atom. The summed E-state index contributed by atoms with van der Waals surface area (Å²) in [5, 5.41) is 2.71. The molecule has 8 heteroatoms. The third-order valence-corrected chi connectivity index (χ3v) is 6.77. The first-order valence-electron chi connectivity index (χ1n) is 8.48. The Bertz CT molecular complexity index is 658. The molecule has 1 N–H and O–H groups in total. The van der Waals surface area contributed by atoms with Gasteiger partial charge in [-0.1, -0.05) is 35.2 Å². The van der Waals surface area contributed by atoms with Crippen LogP contribution in [0.15, 0.2) is 33.6 Å². The Hall–Kier alpha value is -0.960. The van der Waals surface area contributed by atoms with Crippen LogP contribution in [0.25, 0.3) is 0 Å². The van der Waals surface area contributed by atoms with E-state index in [2.05, 4.69) is 21.2 Å². The summed E-state index contributed by atoms with van der Waals surface area (Å²) in [7, 11) is -2.17. The summed E-state index contributed by atoms with van der Waals surface area (Å²) >= 11 is 3.32. The van der Waals surface area contributed by atoms with Crippen LogP contribution in [0, 0.1) is 0 Å². The third-order valence-electron chi connectivity index (χ3n) is 4.33. The molecular weight excluding hydrogens is 408 g/mol. The average Bonchev–Trinajstić information content (AvgIpc) is 2.61. The van der Waals surface area contributed by atoms with E-state index in [1.807, 2.05) is 0 Å². The van der Waals surface area contributed by atoms with Gasteiger partial charge in [-0.05, 0) is 37.1 Å². The van der Waals surface area contributed by atoms with E-state index in [1.54, 1.807) is 31.4 Å². The molecule has 1 aliphatic rings. The minimum atomic E-state index is -3.72. The normalized spacial score (nSPS) is 16.1. The van der Waals surface area contributed by atoms with Crippen LogP contribution in [0.5, 0.6) is 0 Å². The Morgan fingerprint density at radius 2 is 1.88 bits per heavy atom. The molecule has 0 atom stereocenters. The number of nitrogens with one attached hydrogen (secondary N) is 1. The minimum absolute atomic E-state index is 0.129. The summed E-state index contributed by atoms with van der Waals surface area (Å²) in [6.45, 7) is 0.605. The molecule has 1 aromatic rings. The van der Waals surface area contributed by atoms with Crippen molar-refractivity contribution in [2.75, 3.05) is 26.8 Å². The summed E-state index contributed by atoms with van der Waals surface area (Å²) in [4.78, 5) is 12.4. The van der Waals surface area contributed by atoms with Crippen molar-refractivity contribution in [3.8, 4) is 0 Å². The van der Waals surface area contributed by atoms with Crippen molar-refractivity contribution in [3.05, 3.63) is 28.7 Å². The molecule has 1 fully saturated rings. The smallest absolute Gasteiger partial charge is 0.243 e. The van der Waals surface area contributed by atoms with Crippen molar-refractivity contribution >= 4 is 31.9 Å². The Morgan fingerprint density at radius 3 is 2.48 bits per heavy atom. The maximum Gasteiger partial charge on any atom is 0.243 e. The highest BCUT2D eigenvalue weighted by atomic mass is 79.9. The molecule has 0 bridgehead atoms. The standard InChI is InChI=1S/C17H25BrN2O4S/c1-24-12-11-19-17(21)13-20(15-5-3-2-4-6-15)25(22,23)16-9-7-14(18)8-10-16/h7-10,15H,2-6,11-13H2,1H3,(H,19,21). The lowest BCUT2D eigenvalue weighted by Crippen LogP contribution is -2.47. The van der Waals surface area contributed by atoms with Crippen LogP contribution < -0.4 is 5.32 Å². The van der Waals surface area contributed by atoms with Crippen molar-refractivity contribution in [2.24, 2.45) is 0 Å². The molecule has 1 aliphatic carbocycles. The van der Waals surface area contributed by atoms with Crippen LogP contribution in [0.4, 0.5) is 0 Å². The summed E-state index contributed by atoms with van der Waals surface area (Å²) in [5.41, 5.74) is 0. The second-order valence-electron chi connectivity index (χ2n) is 6.14. The van der Waals surface area contributed by atoms with E-state index in [1.165, 1.54) is 4.31 Å². The average molecular weight is 433 g/mol. The van der Waals surface area contributed by atoms with Gasteiger partial charge in [-0.25, -0.2) is 8.42 Å². The number of hydrogen-bond donors (Lipinski definition) is 1. The van der Waals surface area contributed by atoms with Gasteiger partial charge in [0, 0.05) is 24.2 Å². The largest absolute Gasteiger partial charge is 0.383 e. The number of carbonyl (C=O) groups is 1. The van der Waals surface area contributed by atoms with Crippen molar-refractivity contribution in [1.29, 1.82) is 0 Å². The quantitative estimate of drug-likeness (QED) is 0.640. The molecule has 0 spiro atoms. The lowest BCUT2D eigenvalue weighted by Gasteiger charge is -2.33. The van der Waals surface area contributed by atoms with Crippen LogP contribution in [-0.2, 0) is 19.6 Å². The molecule has 1 amide bonds. The van der Waals surface area contributed by atoms with Crippen LogP contribution in [-0.4, -0.2) is 51.5 Å². The molecule has 6 nitrogen and oxygen atoms in total. The Kier molecular flexibility index (Phi) is 7.86. The maximum atomic E-state index is 13.1. The molecule has 1 saturated carbocycles. The number of rotatable bonds is 8. The monoisotopic (exact) mass is 432 g/mol. The molecule has 0 saturated heterocycles. The minimum Gasteiger partial charge on any atom is -0.383 e. The number of methoxy groups -OCH3 is 1. The fourth-order valence-corrected chi connectivity index (χ4v) is 4.92. The van der Waals surface area contributed by atoms with E-state index in [0.717, 1.165) is 36.6 Å². The van der Waals surface area contributed by atoms with Gasteiger partial charge in [0.1, 0.15) is 0 Å². The summed E-state index contributed by atoms with van der Waals surface area (Å²) < 4.78 is 33.3. The molecule has 0 aromatic heterocycles. The second kappa shape index (κ2) is 9.66. The van der Waals surface area contributed by atoms with Crippen molar-refractivity contribution in [3.63, 3.8) is 0 Å². The van der Waals surface area contributed by atoms with E-state index in [4.69, 9.17) is 4.74 Å². The SMILES string of the molecule is COCCNC(=O)CN(C1CCCCC1)S(=O)(=O)c1ccc(Br)cc1. The van der Waals surface area contributed by atoms with Crippen molar-refractivity contribution < 1.29 is 17.9 Å².